The Morgan fingerprint density at radius 2 is 1.91 bits per heavy atom. The summed E-state index contributed by atoms with van der Waals surface area (Å²) in [7, 11) is 1.78. The number of hydrogen-bond acceptors (Lipinski definition) is 4. The predicted octanol–water partition coefficient (Wildman–Crippen LogP) is 3.51. The molecule has 1 saturated heterocycles. The molecular weight excluding hydrogens is 423 g/mol. The number of hydrogen-bond donors (Lipinski definition) is 1. The minimum atomic E-state index is -0.336. The number of nitrogens with zero attached hydrogens (tertiary/aromatic N) is 3. The highest BCUT2D eigenvalue weighted by molar-refractivity contribution is 5.92. The van der Waals surface area contributed by atoms with Crippen LogP contribution in [0.15, 0.2) is 66.9 Å². The third-order valence-corrected chi connectivity index (χ3v) is 5.91. The highest BCUT2D eigenvalue weighted by Crippen LogP contribution is 2.27. The topological polar surface area (TPSA) is 78.5 Å². The molecule has 1 aliphatic heterocycles. The van der Waals surface area contributed by atoms with Gasteiger partial charge in [0.05, 0.1) is 0 Å². The normalized spacial score (nSPS) is 18.1. The van der Waals surface area contributed by atoms with Crippen LogP contribution in [-0.2, 0) is 11.3 Å². The highest BCUT2D eigenvalue weighted by Gasteiger charge is 2.35. The van der Waals surface area contributed by atoms with E-state index in [9.17, 15) is 14.0 Å². The van der Waals surface area contributed by atoms with Crippen molar-refractivity contribution in [3.8, 4) is 5.75 Å². The first kappa shape index (κ1) is 22.5. The molecule has 0 saturated carbocycles. The van der Waals surface area contributed by atoms with Crippen molar-refractivity contribution < 1.29 is 18.7 Å². The van der Waals surface area contributed by atoms with Crippen LogP contribution in [-0.4, -0.2) is 58.1 Å². The van der Waals surface area contributed by atoms with Gasteiger partial charge in [0.15, 0.2) is 0 Å². The average molecular weight is 451 g/mol. The maximum Gasteiger partial charge on any atom is 0.271 e. The van der Waals surface area contributed by atoms with Crippen molar-refractivity contribution in [3.63, 3.8) is 0 Å². The second-order valence-electron chi connectivity index (χ2n) is 8.32. The Kier molecular flexibility index (Phi) is 7.02. The van der Waals surface area contributed by atoms with Crippen molar-refractivity contribution in [2.24, 2.45) is 5.92 Å². The van der Waals surface area contributed by atoms with Gasteiger partial charge in [-0.05, 0) is 35.9 Å². The van der Waals surface area contributed by atoms with Crippen LogP contribution >= 0.6 is 0 Å². The molecule has 0 spiro atoms. The van der Waals surface area contributed by atoms with Crippen molar-refractivity contribution in [2.75, 3.05) is 20.1 Å². The van der Waals surface area contributed by atoms with Crippen LogP contribution in [0.5, 0.6) is 5.75 Å². The first-order valence-corrected chi connectivity index (χ1v) is 11.0. The van der Waals surface area contributed by atoms with Gasteiger partial charge in [-0.15, -0.1) is 0 Å². The summed E-state index contributed by atoms with van der Waals surface area (Å²) in [5.74, 6) is -0.168. The number of piperidine rings is 1. The Morgan fingerprint density at radius 1 is 1.15 bits per heavy atom. The molecule has 2 amide bonds. The summed E-state index contributed by atoms with van der Waals surface area (Å²) in [6.45, 7) is 1.38. The fourth-order valence-corrected chi connectivity index (χ4v) is 4.11. The number of nitrogens with one attached hydrogen (secondary N) is 1. The van der Waals surface area contributed by atoms with Gasteiger partial charge in [0.2, 0.25) is 5.91 Å². The van der Waals surface area contributed by atoms with Crippen LogP contribution < -0.4 is 4.74 Å². The van der Waals surface area contributed by atoms with E-state index in [1.165, 1.54) is 18.3 Å². The molecule has 2 heterocycles. The molecule has 2 aromatic carbocycles. The quantitative estimate of drug-likeness (QED) is 0.598. The summed E-state index contributed by atoms with van der Waals surface area (Å²) in [5, 5.41) is 6.57. The summed E-state index contributed by atoms with van der Waals surface area (Å²) in [6, 6.07) is 17.3. The number of aromatic nitrogens is 2. The molecule has 4 rings (SSSR count). The van der Waals surface area contributed by atoms with E-state index in [0.717, 1.165) is 5.56 Å². The van der Waals surface area contributed by atoms with Gasteiger partial charge in [-0.2, -0.15) is 5.10 Å². The molecule has 1 aromatic heterocycles. The van der Waals surface area contributed by atoms with E-state index in [0.29, 0.717) is 37.5 Å². The Balaban J connectivity index is 1.46. The smallest absolute Gasteiger partial charge is 0.271 e. The molecule has 8 heteroatoms. The largest absolute Gasteiger partial charge is 0.490 e. The van der Waals surface area contributed by atoms with Crippen LogP contribution in [0, 0.1) is 11.7 Å². The lowest BCUT2D eigenvalue weighted by atomic mass is 9.90. The minimum Gasteiger partial charge on any atom is -0.490 e. The number of halogens is 1. The molecular formula is C25H27FN4O3. The van der Waals surface area contributed by atoms with Gasteiger partial charge < -0.3 is 14.5 Å². The SMILES string of the molecule is CN(Cc1ccccc1)C(=O)C[C@H]1CN(C(=O)c2ccn[nH]2)CC[C@@H]1Oc1ccc(F)cc1. The van der Waals surface area contributed by atoms with Gasteiger partial charge >= 0.3 is 0 Å². The zero-order chi connectivity index (χ0) is 23.2. The van der Waals surface area contributed by atoms with E-state index >= 15 is 0 Å². The third-order valence-electron chi connectivity index (χ3n) is 5.91. The van der Waals surface area contributed by atoms with Gasteiger partial charge in [-0.3, -0.25) is 14.7 Å². The maximum atomic E-state index is 13.3. The molecule has 0 radical (unpaired) electrons. The van der Waals surface area contributed by atoms with Gasteiger partial charge in [0.25, 0.3) is 5.91 Å². The molecule has 33 heavy (non-hydrogen) atoms. The van der Waals surface area contributed by atoms with Gasteiger partial charge in [-0.25, -0.2) is 4.39 Å². The summed E-state index contributed by atoms with van der Waals surface area (Å²) >= 11 is 0. The number of likely N-dealkylation sites (tertiary alicyclic amines) is 1. The zero-order valence-corrected chi connectivity index (χ0v) is 18.5. The highest BCUT2D eigenvalue weighted by atomic mass is 19.1. The van der Waals surface area contributed by atoms with Crippen molar-refractivity contribution >= 4 is 11.8 Å². The van der Waals surface area contributed by atoms with Gasteiger partial charge in [0.1, 0.15) is 23.4 Å². The van der Waals surface area contributed by atoms with E-state index in [1.807, 2.05) is 30.3 Å². The predicted molar refractivity (Wildman–Crippen MR) is 121 cm³/mol. The van der Waals surface area contributed by atoms with Crippen molar-refractivity contribution in [1.29, 1.82) is 0 Å². The molecule has 1 aliphatic rings. The molecule has 7 nitrogen and oxygen atoms in total. The van der Waals surface area contributed by atoms with Crippen molar-refractivity contribution in [3.05, 3.63) is 83.9 Å². The van der Waals surface area contributed by atoms with Crippen LogP contribution in [0.4, 0.5) is 4.39 Å². The van der Waals surface area contributed by atoms with E-state index in [4.69, 9.17) is 4.74 Å². The third kappa shape index (κ3) is 5.77. The molecule has 3 aromatic rings. The number of carbonyl (C=O) groups is 2. The Hall–Kier alpha value is -3.68. The fraction of sp³-hybridized carbons (Fsp3) is 0.320. The number of amides is 2. The van der Waals surface area contributed by atoms with Crippen LogP contribution in [0.3, 0.4) is 0 Å². The lowest BCUT2D eigenvalue weighted by Gasteiger charge is -2.38. The summed E-state index contributed by atoms with van der Waals surface area (Å²) in [4.78, 5) is 29.3. The molecule has 2 atom stereocenters. The number of rotatable bonds is 7. The average Bonchev–Trinajstić information content (AvgIpc) is 3.37. The lowest BCUT2D eigenvalue weighted by molar-refractivity contribution is -0.132. The molecule has 1 fully saturated rings. The van der Waals surface area contributed by atoms with Crippen LogP contribution in [0.25, 0.3) is 0 Å². The van der Waals surface area contributed by atoms with Gasteiger partial charge in [0, 0.05) is 51.6 Å². The fourth-order valence-electron chi connectivity index (χ4n) is 4.11. The Bertz CT molecular complexity index is 1060. The van der Waals surface area contributed by atoms with E-state index in [2.05, 4.69) is 10.2 Å². The molecule has 1 N–H and O–H groups in total. The molecule has 172 valence electrons. The van der Waals surface area contributed by atoms with E-state index in [-0.39, 0.29) is 36.1 Å². The lowest BCUT2D eigenvalue weighted by Crippen LogP contribution is -2.49. The summed E-state index contributed by atoms with van der Waals surface area (Å²) in [6.07, 6.45) is 2.08. The number of carbonyl (C=O) groups excluding carboxylic acids is 2. The molecule has 0 bridgehead atoms. The van der Waals surface area contributed by atoms with Crippen LogP contribution in [0.1, 0.15) is 28.9 Å². The zero-order valence-electron chi connectivity index (χ0n) is 18.5. The Labute approximate surface area is 192 Å². The summed E-state index contributed by atoms with van der Waals surface area (Å²) in [5.41, 5.74) is 1.46. The standard InChI is InChI=1S/C25H27FN4O3/c1-29(16-18-5-3-2-4-6-18)24(31)15-19-17-30(25(32)22-11-13-27-28-22)14-12-23(19)33-21-9-7-20(26)8-10-21/h2-11,13,19,23H,12,14-17H2,1H3,(H,27,28)/t19-,23-/m0/s1. The second kappa shape index (κ2) is 10.3. The van der Waals surface area contributed by atoms with Gasteiger partial charge in [-0.1, -0.05) is 30.3 Å². The van der Waals surface area contributed by atoms with E-state index in [1.54, 1.807) is 35.0 Å². The number of aromatic amines is 1. The first-order valence-electron chi connectivity index (χ1n) is 11.0. The minimum absolute atomic E-state index is 0.0209. The first-order chi connectivity index (χ1) is 16.0. The van der Waals surface area contributed by atoms with Crippen molar-refractivity contribution in [1.82, 2.24) is 20.0 Å². The summed E-state index contributed by atoms with van der Waals surface area (Å²) < 4.78 is 19.4. The molecule has 0 unspecified atom stereocenters. The number of ether oxygens (including phenoxy) is 1. The van der Waals surface area contributed by atoms with Crippen LogP contribution in [0.2, 0.25) is 0 Å². The number of benzene rings is 2. The maximum absolute atomic E-state index is 13.3. The molecule has 0 aliphatic carbocycles. The van der Waals surface area contributed by atoms with E-state index < -0.39 is 0 Å². The van der Waals surface area contributed by atoms with Crippen molar-refractivity contribution in [2.45, 2.75) is 25.5 Å². The number of H-pyrrole nitrogens is 1. The monoisotopic (exact) mass is 450 g/mol. The second-order valence-corrected chi connectivity index (χ2v) is 8.32. The Morgan fingerprint density at radius 3 is 2.61 bits per heavy atom.